The van der Waals surface area contributed by atoms with E-state index in [9.17, 15) is 8.42 Å². The zero-order chi connectivity index (χ0) is 20.7. The Balaban J connectivity index is 1.52. The summed E-state index contributed by atoms with van der Waals surface area (Å²) >= 11 is 0. The normalized spacial score (nSPS) is 22.1. The van der Waals surface area contributed by atoms with E-state index in [1.54, 1.807) is 18.2 Å². The van der Waals surface area contributed by atoms with Crippen LogP contribution in [0.25, 0.3) is 0 Å². The molecule has 1 aliphatic carbocycles. The molecule has 152 valence electrons. The number of hydrogen-bond acceptors (Lipinski definition) is 3. The molecule has 3 atom stereocenters. The Bertz CT molecular complexity index is 1220. The standard InChI is InChI=1S/C25H24N2O2S/c1-17-8-5-6-11-20(17)25-22-13-7-12-21(22)23-16-19(14-15-24(23)26-25)30(28,29)27-18-9-3-2-4-10-18/h2-12,14-16,21-22,25-27H,13H2,1H3. The van der Waals surface area contributed by atoms with E-state index >= 15 is 0 Å². The first-order chi connectivity index (χ1) is 14.5. The maximum atomic E-state index is 13.0. The summed E-state index contributed by atoms with van der Waals surface area (Å²) in [5.74, 6) is 0.580. The Kier molecular flexibility index (Phi) is 4.63. The first-order valence-corrected chi connectivity index (χ1v) is 11.7. The van der Waals surface area contributed by atoms with Gasteiger partial charge >= 0.3 is 0 Å². The van der Waals surface area contributed by atoms with Crippen molar-refractivity contribution in [2.45, 2.75) is 30.2 Å². The molecule has 3 unspecified atom stereocenters. The highest BCUT2D eigenvalue weighted by Crippen LogP contribution is 2.50. The zero-order valence-electron chi connectivity index (χ0n) is 16.7. The number of benzene rings is 3. The predicted octanol–water partition coefficient (Wildman–Crippen LogP) is 5.62. The maximum absolute atomic E-state index is 13.0. The quantitative estimate of drug-likeness (QED) is 0.543. The minimum Gasteiger partial charge on any atom is -0.378 e. The third-order valence-corrected chi connectivity index (χ3v) is 7.57. The van der Waals surface area contributed by atoms with Gasteiger partial charge in [-0.05, 0) is 66.3 Å². The van der Waals surface area contributed by atoms with Crippen molar-refractivity contribution >= 4 is 21.4 Å². The number of fused-ring (bicyclic) bond motifs is 3. The predicted molar refractivity (Wildman–Crippen MR) is 121 cm³/mol. The molecule has 0 saturated heterocycles. The molecule has 1 heterocycles. The molecule has 30 heavy (non-hydrogen) atoms. The molecule has 4 nitrogen and oxygen atoms in total. The Morgan fingerprint density at radius 2 is 1.70 bits per heavy atom. The third-order valence-electron chi connectivity index (χ3n) is 6.19. The van der Waals surface area contributed by atoms with Crippen LogP contribution in [0.3, 0.4) is 0 Å². The molecule has 0 radical (unpaired) electrons. The van der Waals surface area contributed by atoms with Crippen molar-refractivity contribution in [3.05, 3.63) is 102 Å². The van der Waals surface area contributed by atoms with E-state index in [1.807, 2.05) is 30.3 Å². The van der Waals surface area contributed by atoms with Crippen LogP contribution >= 0.6 is 0 Å². The summed E-state index contributed by atoms with van der Waals surface area (Å²) in [6.07, 6.45) is 5.44. The number of nitrogens with one attached hydrogen (secondary N) is 2. The number of para-hydroxylation sites is 1. The SMILES string of the molecule is Cc1ccccc1C1Nc2ccc(S(=O)(=O)Nc3ccccc3)cc2C2C=CCC21. The van der Waals surface area contributed by atoms with Gasteiger partial charge in [-0.15, -0.1) is 0 Å². The molecule has 3 aromatic rings. The molecule has 0 amide bonds. The average molecular weight is 417 g/mol. The largest absolute Gasteiger partial charge is 0.378 e. The molecule has 3 aromatic carbocycles. The van der Waals surface area contributed by atoms with E-state index in [2.05, 4.69) is 53.4 Å². The highest BCUT2D eigenvalue weighted by molar-refractivity contribution is 7.92. The summed E-state index contributed by atoms with van der Waals surface area (Å²) in [5.41, 5.74) is 5.20. The molecule has 5 rings (SSSR count). The van der Waals surface area contributed by atoms with Gasteiger partial charge in [-0.1, -0.05) is 54.6 Å². The molecule has 1 aliphatic heterocycles. The molecule has 5 heteroatoms. The molecule has 0 spiro atoms. The summed E-state index contributed by atoms with van der Waals surface area (Å²) in [4.78, 5) is 0.292. The van der Waals surface area contributed by atoms with Crippen LogP contribution in [0, 0.1) is 12.8 Å². The summed E-state index contributed by atoms with van der Waals surface area (Å²) in [5, 5.41) is 3.70. The highest BCUT2D eigenvalue weighted by atomic mass is 32.2. The number of hydrogen-bond donors (Lipinski definition) is 2. The lowest BCUT2D eigenvalue weighted by molar-refractivity contribution is 0.424. The van der Waals surface area contributed by atoms with Gasteiger partial charge in [0.05, 0.1) is 10.9 Å². The number of aryl methyl sites for hydroxylation is 1. The van der Waals surface area contributed by atoms with E-state index in [4.69, 9.17) is 0 Å². The monoisotopic (exact) mass is 416 g/mol. The van der Waals surface area contributed by atoms with Crippen molar-refractivity contribution in [1.29, 1.82) is 0 Å². The Morgan fingerprint density at radius 1 is 0.933 bits per heavy atom. The average Bonchev–Trinajstić information content (AvgIpc) is 3.24. The molecule has 0 bridgehead atoms. The molecular formula is C25H24N2O2S. The minimum absolute atomic E-state index is 0.206. The van der Waals surface area contributed by atoms with E-state index in [1.165, 1.54) is 11.1 Å². The van der Waals surface area contributed by atoms with E-state index in [-0.39, 0.29) is 12.0 Å². The van der Waals surface area contributed by atoms with Crippen LogP contribution in [0.5, 0.6) is 0 Å². The van der Waals surface area contributed by atoms with Crippen LogP contribution in [0.1, 0.15) is 35.1 Å². The van der Waals surface area contributed by atoms with Crippen molar-refractivity contribution in [3.8, 4) is 0 Å². The second kappa shape index (κ2) is 7.33. The highest BCUT2D eigenvalue weighted by Gasteiger charge is 2.38. The summed E-state index contributed by atoms with van der Waals surface area (Å²) in [6, 6.07) is 23.1. The Morgan fingerprint density at radius 3 is 2.50 bits per heavy atom. The summed E-state index contributed by atoms with van der Waals surface area (Å²) in [7, 11) is -3.65. The molecule has 0 saturated carbocycles. The zero-order valence-corrected chi connectivity index (χ0v) is 17.6. The van der Waals surface area contributed by atoms with Crippen LogP contribution in [0.15, 0.2) is 89.8 Å². The van der Waals surface area contributed by atoms with Gasteiger partial charge in [0, 0.05) is 17.3 Å². The maximum Gasteiger partial charge on any atom is 0.261 e. The molecule has 0 aromatic heterocycles. The van der Waals surface area contributed by atoms with Crippen molar-refractivity contribution in [2.75, 3.05) is 10.0 Å². The third kappa shape index (κ3) is 3.29. The lowest BCUT2D eigenvalue weighted by atomic mass is 9.76. The fourth-order valence-corrected chi connectivity index (χ4v) is 5.80. The van der Waals surface area contributed by atoms with Crippen molar-refractivity contribution in [2.24, 2.45) is 5.92 Å². The van der Waals surface area contributed by atoms with Crippen molar-refractivity contribution in [3.63, 3.8) is 0 Å². The van der Waals surface area contributed by atoms with Crippen LogP contribution < -0.4 is 10.0 Å². The van der Waals surface area contributed by atoms with Gasteiger partial charge in [-0.2, -0.15) is 0 Å². The van der Waals surface area contributed by atoms with Gasteiger partial charge < -0.3 is 5.32 Å². The fourth-order valence-electron chi connectivity index (χ4n) is 4.70. The van der Waals surface area contributed by atoms with E-state index in [0.717, 1.165) is 17.7 Å². The van der Waals surface area contributed by atoms with Crippen LogP contribution in [-0.4, -0.2) is 8.42 Å². The lowest BCUT2D eigenvalue weighted by Gasteiger charge is -2.38. The number of rotatable bonds is 4. The number of anilines is 2. The smallest absolute Gasteiger partial charge is 0.261 e. The number of sulfonamides is 1. The van der Waals surface area contributed by atoms with Gasteiger partial charge in [-0.25, -0.2) is 8.42 Å². The topological polar surface area (TPSA) is 58.2 Å². The van der Waals surface area contributed by atoms with Gasteiger partial charge in [0.1, 0.15) is 0 Å². The molecular weight excluding hydrogens is 392 g/mol. The second-order valence-corrected chi connectivity index (χ2v) is 9.74. The second-order valence-electron chi connectivity index (χ2n) is 8.05. The van der Waals surface area contributed by atoms with Crippen LogP contribution in [-0.2, 0) is 10.0 Å². The summed E-state index contributed by atoms with van der Waals surface area (Å²) < 4.78 is 28.6. The fraction of sp³-hybridized carbons (Fsp3) is 0.200. The number of allylic oxidation sites excluding steroid dienone is 2. The van der Waals surface area contributed by atoms with Crippen LogP contribution in [0.4, 0.5) is 11.4 Å². The van der Waals surface area contributed by atoms with Gasteiger partial charge in [0.2, 0.25) is 0 Å². The van der Waals surface area contributed by atoms with Crippen molar-refractivity contribution < 1.29 is 8.42 Å². The minimum atomic E-state index is -3.65. The van der Waals surface area contributed by atoms with Crippen molar-refractivity contribution in [1.82, 2.24) is 0 Å². The Hall–Kier alpha value is -3.05. The lowest BCUT2D eigenvalue weighted by Crippen LogP contribution is -2.29. The van der Waals surface area contributed by atoms with Gasteiger partial charge in [-0.3, -0.25) is 4.72 Å². The molecule has 0 fully saturated rings. The molecule has 2 N–H and O–H groups in total. The van der Waals surface area contributed by atoms with E-state index in [0.29, 0.717) is 16.5 Å². The van der Waals surface area contributed by atoms with Gasteiger partial charge in [0.15, 0.2) is 0 Å². The van der Waals surface area contributed by atoms with Gasteiger partial charge in [0.25, 0.3) is 10.0 Å². The first kappa shape index (κ1) is 18.9. The van der Waals surface area contributed by atoms with Crippen LogP contribution in [0.2, 0.25) is 0 Å². The molecule has 2 aliphatic rings. The summed E-state index contributed by atoms with van der Waals surface area (Å²) in [6.45, 7) is 2.15. The Labute approximate surface area is 177 Å². The van der Waals surface area contributed by atoms with E-state index < -0.39 is 10.0 Å². The first-order valence-electron chi connectivity index (χ1n) is 10.2.